The lowest BCUT2D eigenvalue weighted by atomic mass is 10.0. The highest BCUT2D eigenvalue weighted by Crippen LogP contribution is 2.28. The van der Waals surface area contributed by atoms with Gasteiger partial charge in [-0.1, -0.05) is 40.9 Å². The fourth-order valence-electron chi connectivity index (χ4n) is 2.63. The number of amides is 1. The number of aryl methyl sites for hydroxylation is 3. The third-order valence-electron chi connectivity index (χ3n) is 3.89. The van der Waals surface area contributed by atoms with Gasteiger partial charge < -0.3 is 15.8 Å². The van der Waals surface area contributed by atoms with Crippen LogP contribution in [-0.4, -0.2) is 18.0 Å². The molecule has 2 aromatic carbocycles. The first-order chi connectivity index (χ1) is 12.1. The molecule has 1 amide bonds. The molecule has 1 unspecified atom stereocenters. The van der Waals surface area contributed by atoms with Gasteiger partial charge in [0.2, 0.25) is 0 Å². The molecule has 0 aliphatic rings. The van der Waals surface area contributed by atoms with Crippen molar-refractivity contribution in [3.63, 3.8) is 0 Å². The Labute approximate surface area is 162 Å². The van der Waals surface area contributed by atoms with Crippen molar-refractivity contribution in [3.05, 3.63) is 56.6 Å². The fraction of sp³-hybridized carbons (Fsp3) is 0.263. The van der Waals surface area contributed by atoms with E-state index in [0.717, 1.165) is 16.7 Å². The molecule has 0 fully saturated rings. The Balaban J connectivity index is 2.14. The summed E-state index contributed by atoms with van der Waals surface area (Å²) in [5.74, 6) is -1.22. The van der Waals surface area contributed by atoms with Crippen LogP contribution in [0, 0.1) is 20.8 Å². The van der Waals surface area contributed by atoms with Crippen molar-refractivity contribution >= 4 is 46.5 Å². The number of carbonyl (C=O) groups excluding carboxylic acids is 2. The maximum atomic E-state index is 12.4. The molecule has 0 saturated carbocycles. The van der Waals surface area contributed by atoms with Crippen LogP contribution in [0.5, 0.6) is 0 Å². The van der Waals surface area contributed by atoms with Gasteiger partial charge in [0.05, 0.1) is 16.3 Å². The third kappa shape index (κ3) is 4.48. The lowest BCUT2D eigenvalue weighted by Gasteiger charge is -2.17. The van der Waals surface area contributed by atoms with E-state index in [1.807, 2.05) is 32.9 Å². The number of carbonyl (C=O) groups is 2. The van der Waals surface area contributed by atoms with Gasteiger partial charge in [-0.05, 0) is 51.0 Å². The van der Waals surface area contributed by atoms with E-state index in [1.54, 1.807) is 0 Å². The van der Waals surface area contributed by atoms with Crippen molar-refractivity contribution in [2.75, 3.05) is 11.1 Å². The lowest BCUT2D eigenvalue weighted by molar-refractivity contribution is -0.123. The number of esters is 1. The van der Waals surface area contributed by atoms with Crippen LogP contribution in [0.3, 0.4) is 0 Å². The van der Waals surface area contributed by atoms with E-state index >= 15 is 0 Å². The smallest absolute Gasteiger partial charge is 0.341 e. The molecule has 2 rings (SSSR count). The monoisotopic (exact) mass is 394 g/mol. The van der Waals surface area contributed by atoms with Crippen LogP contribution in [0.1, 0.15) is 34.0 Å². The quantitative estimate of drug-likeness (QED) is 0.582. The van der Waals surface area contributed by atoms with Crippen LogP contribution >= 0.6 is 23.2 Å². The number of hydrogen-bond donors (Lipinski definition) is 2. The highest BCUT2D eigenvalue weighted by molar-refractivity contribution is 6.37. The van der Waals surface area contributed by atoms with Gasteiger partial charge >= 0.3 is 5.97 Å². The first-order valence-corrected chi connectivity index (χ1v) is 8.70. The molecule has 5 nitrogen and oxygen atoms in total. The highest BCUT2D eigenvalue weighted by atomic mass is 35.5. The number of nitrogens with one attached hydrogen (secondary N) is 1. The zero-order valence-corrected chi connectivity index (χ0v) is 16.5. The molecule has 26 heavy (non-hydrogen) atoms. The van der Waals surface area contributed by atoms with Crippen molar-refractivity contribution in [2.45, 2.75) is 33.8 Å². The molecular formula is C19H20Cl2N2O3. The minimum absolute atomic E-state index is 0.0184. The van der Waals surface area contributed by atoms with Gasteiger partial charge in [-0.3, -0.25) is 4.79 Å². The Kier molecular flexibility index (Phi) is 6.16. The van der Waals surface area contributed by atoms with E-state index in [9.17, 15) is 9.59 Å². The van der Waals surface area contributed by atoms with E-state index < -0.39 is 18.0 Å². The fourth-order valence-corrected chi connectivity index (χ4v) is 3.13. The van der Waals surface area contributed by atoms with E-state index in [-0.39, 0.29) is 21.3 Å². The van der Waals surface area contributed by atoms with Gasteiger partial charge in [0, 0.05) is 10.7 Å². The Morgan fingerprint density at radius 1 is 1.08 bits per heavy atom. The standard InChI is InChI=1S/C19H20Cl2N2O3/c1-9-5-10(2)17(11(3)6-9)23-18(24)12(4)26-19(25)14-7-13(20)8-15(21)16(14)22/h5-8,12H,22H2,1-4H3,(H,23,24). The predicted molar refractivity (Wildman–Crippen MR) is 105 cm³/mol. The summed E-state index contributed by atoms with van der Waals surface area (Å²) in [6, 6.07) is 6.71. The van der Waals surface area contributed by atoms with Crippen LogP contribution in [0.15, 0.2) is 24.3 Å². The Hall–Kier alpha value is -2.24. The summed E-state index contributed by atoms with van der Waals surface area (Å²) in [5, 5.41) is 3.20. The summed E-state index contributed by atoms with van der Waals surface area (Å²) in [5.41, 5.74) is 9.53. The van der Waals surface area contributed by atoms with Gasteiger partial charge in [-0.15, -0.1) is 0 Å². The minimum Gasteiger partial charge on any atom is -0.449 e. The van der Waals surface area contributed by atoms with E-state index in [0.29, 0.717) is 5.69 Å². The zero-order chi connectivity index (χ0) is 19.6. The molecule has 3 N–H and O–H groups in total. The second kappa shape index (κ2) is 7.98. The predicted octanol–water partition coefficient (Wildman–Crippen LogP) is 4.68. The highest BCUT2D eigenvalue weighted by Gasteiger charge is 2.22. The van der Waals surface area contributed by atoms with Crippen molar-refractivity contribution in [1.29, 1.82) is 0 Å². The molecule has 2 aromatic rings. The van der Waals surface area contributed by atoms with Crippen molar-refractivity contribution < 1.29 is 14.3 Å². The Bertz CT molecular complexity index is 858. The maximum absolute atomic E-state index is 12.4. The zero-order valence-electron chi connectivity index (χ0n) is 14.9. The molecule has 0 aliphatic heterocycles. The van der Waals surface area contributed by atoms with Gasteiger partial charge in [-0.2, -0.15) is 0 Å². The van der Waals surface area contributed by atoms with Crippen LogP contribution in [0.4, 0.5) is 11.4 Å². The normalized spacial score (nSPS) is 11.8. The second-order valence-electron chi connectivity index (χ2n) is 6.16. The van der Waals surface area contributed by atoms with Crippen molar-refractivity contribution in [3.8, 4) is 0 Å². The topological polar surface area (TPSA) is 81.4 Å². The molecular weight excluding hydrogens is 375 g/mol. The number of ether oxygens (including phenoxy) is 1. The van der Waals surface area contributed by atoms with Crippen LogP contribution in [-0.2, 0) is 9.53 Å². The molecule has 0 spiro atoms. The average molecular weight is 395 g/mol. The molecule has 0 bridgehead atoms. The first-order valence-electron chi connectivity index (χ1n) is 7.94. The van der Waals surface area contributed by atoms with Crippen molar-refractivity contribution in [1.82, 2.24) is 0 Å². The van der Waals surface area contributed by atoms with E-state index in [2.05, 4.69) is 5.32 Å². The summed E-state index contributed by atoms with van der Waals surface area (Å²) >= 11 is 11.8. The third-order valence-corrected chi connectivity index (χ3v) is 4.42. The number of nitrogens with two attached hydrogens (primary N) is 1. The van der Waals surface area contributed by atoms with Gasteiger partial charge in [-0.25, -0.2) is 4.79 Å². The number of nitrogen functional groups attached to an aromatic ring is 1. The first kappa shape index (κ1) is 20.1. The van der Waals surface area contributed by atoms with Gasteiger partial charge in [0.1, 0.15) is 0 Å². The molecule has 0 heterocycles. The SMILES string of the molecule is Cc1cc(C)c(NC(=O)C(C)OC(=O)c2cc(Cl)cc(Cl)c2N)c(C)c1. The number of halogens is 2. The number of anilines is 2. The molecule has 138 valence electrons. The molecule has 0 saturated heterocycles. The minimum atomic E-state index is -1.03. The number of hydrogen-bond acceptors (Lipinski definition) is 4. The summed E-state index contributed by atoms with van der Waals surface area (Å²) < 4.78 is 5.22. The molecule has 7 heteroatoms. The Morgan fingerprint density at radius 2 is 1.65 bits per heavy atom. The summed E-state index contributed by atoms with van der Waals surface area (Å²) in [7, 11) is 0. The van der Waals surface area contributed by atoms with Gasteiger partial charge in [0.25, 0.3) is 5.91 Å². The second-order valence-corrected chi connectivity index (χ2v) is 7.00. The summed E-state index contributed by atoms with van der Waals surface area (Å²) in [4.78, 5) is 24.7. The average Bonchev–Trinajstić information content (AvgIpc) is 2.53. The molecule has 0 radical (unpaired) electrons. The largest absolute Gasteiger partial charge is 0.449 e. The molecule has 0 aromatic heterocycles. The lowest BCUT2D eigenvalue weighted by Crippen LogP contribution is -2.30. The van der Waals surface area contributed by atoms with Crippen LogP contribution in [0.2, 0.25) is 10.0 Å². The summed E-state index contributed by atoms with van der Waals surface area (Å²) in [6.45, 7) is 7.27. The van der Waals surface area contributed by atoms with Crippen LogP contribution in [0.25, 0.3) is 0 Å². The molecule has 1 atom stereocenters. The number of benzene rings is 2. The van der Waals surface area contributed by atoms with Gasteiger partial charge in [0.15, 0.2) is 6.10 Å². The number of rotatable bonds is 4. The van der Waals surface area contributed by atoms with Crippen molar-refractivity contribution in [2.24, 2.45) is 0 Å². The van der Waals surface area contributed by atoms with E-state index in [4.69, 9.17) is 33.7 Å². The molecule has 0 aliphatic carbocycles. The summed E-state index contributed by atoms with van der Waals surface area (Å²) in [6.07, 6.45) is -1.03. The van der Waals surface area contributed by atoms with E-state index in [1.165, 1.54) is 19.1 Å². The van der Waals surface area contributed by atoms with Crippen LogP contribution < -0.4 is 11.1 Å². The Morgan fingerprint density at radius 3 is 2.23 bits per heavy atom. The maximum Gasteiger partial charge on any atom is 0.341 e.